The standard InChI is InChI=1S/C26H36F3NO3/c1-18(2)10-15-30(22(32)33-23(3,4)5)25-13-11-24(17-31,12-14-25)16-21(25)19-6-8-20(9-7-19)26(27,28)29/h6-9,17-18,21H,10-16H2,1-5H3/t21-,24?,25?/m1/s1. The van der Waals surface area contributed by atoms with Crippen LogP contribution in [-0.2, 0) is 15.7 Å². The molecule has 0 spiro atoms. The number of amides is 1. The van der Waals surface area contributed by atoms with E-state index in [4.69, 9.17) is 4.74 Å². The van der Waals surface area contributed by atoms with Gasteiger partial charge in [-0.15, -0.1) is 0 Å². The van der Waals surface area contributed by atoms with E-state index in [2.05, 4.69) is 13.8 Å². The SMILES string of the molecule is CC(C)CCN(C(=O)OC(C)(C)C)C12CCC(C=O)(CC1)C[C@@H]2c1ccc(C(F)(F)F)cc1. The van der Waals surface area contributed by atoms with Crippen molar-refractivity contribution in [2.45, 2.75) is 96.4 Å². The van der Waals surface area contributed by atoms with Crippen LogP contribution in [-0.4, -0.2) is 35.0 Å². The van der Waals surface area contributed by atoms with E-state index < -0.39 is 28.3 Å². The molecule has 3 fully saturated rings. The van der Waals surface area contributed by atoms with E-state index in [1.165, 1.54) is 12.1 Å². The zero-order valence-corrected chi connectivity index (χ0v) is 20.3. The fraction of sp³-hybridized carbons (Fsp3) is 0.692. The summed E-state index contributed by atoms with van der Waals surface area (Å²) in [7, 11) is 0. The summed E-state index contributed by atoms with van der Waals surface area (Å²) in [5.41, 5.74) is -1.68. The van der Waals surface area contributed by atoms with E-state index in [0.29, 0.717) is 44.6 Å². The minimum absolute atomic E-state index is 0.229. The number of hydrogen-bond acceptors (Lipinski definition) is 3. The maximum absolute atomic E-state index is 13.4. The number of ether oxygens (including phenoxy) is 1. The van der Waals surface area contributed by atoms with Crippen molar-refractivity contribution in [3.05, 3.63) is 35.4 Å². The van der Waals surface area contributed by atoms with Crippen molar-refractivity contribution < 1.29 is 27.5 Å². The molecular formula is C26H36F3NO3. The summed E-state index contributed by atoms with van der Waals surface area (Å²) in [5.74, 6) is 0.143. The van der Waals surface area contributed by atoms with Gasteiger partial charge >= 0.3 is 12.3 Å². The highest BCUT2D eigenvalue weighted by atomic mass is 19.4. The Morgan fingerprint density at radius 2 is 1.70 bits per heavy atom. The van der Waals surface area contributed by atoms with Crippen LogP contribution in [0.15, 0.2) is 24.3 Å². The van der Waals surface area contributed by atoms with Crippen molar-refractivity contribution in [1.82, 2.24) is 4.90 Å². The zero-order valence-electron chi connectivity index (χ0n) is 20.3. The van der Waals surface area contributed by atoms with Crippen LogP contribution in [0.25, 0.3) is 0 Å². The Hall–Kier alpha value is -2.05. The topological polar surface area (TPSA) is 46.6 Å². The highest BCUT2D eigenvalue weighted by molar-refractivity contribution is 5.70. The minimum Gasteiger partial charge on any atom is -0.444 e. The van der Waals surface area contributed by atoms with E-state index >= 15 is 0 Å². The Kier molecular flexibility index (Phi) is 6.94. The molecule has 33 heavy (non-hydrogen) atoms. The molecule has 0 aromatic heterocycles. The highest BCUT2D eigenvalue weighted by Crippen LogP contribution is 2.60. The van der Waals surface area contributed by atoms with E-state index in [9.17, 15) is 22.8 Å². The molecule has 3 aliphatic carbocycles. The van der Waals surface area contributed by atoms with Gasteiger partial charge in [-0.05, 0) is 82.9 Å². The van der Waals surface area contributed by atoms with E-state index in [0.717, 1.165) is 30.4 Å². The third-order valence-corrected chi connectivity index (χ3v) is 7.34. The molecule has 3 saturated carbocycles. The first-order valence-corrected chi connectivity index (χ1v) is 11.9. The van der Waals surface area contributed by atoms with Crippen molar-refractivity contribution in [2.24, 2.45) is 11.3 Å². The summed E-state index contributed by atoms with van der Waals surface area (Å²) in [5, 5.41) is 0. The third-order valence-electron chi connectivity index (χ3n) is 7.34. The molecule has 0 N–H and O–H groups in total. The smallest absolute Gasteiger partial charge is 0.416 e. The van der Waals surface area contributed by atoms with Gasteiger partial charge in [0.2, 0.25) is 0 Å². The first kappa shape index (κ1) is 25.6. The zero-order chi connectivity index (χ0) is 24.7. The molecule has 1 amide bonds. The molecule has 3 aliphatic rings. The largest absolute Gasteiger partial charge is 0.444 e. The quantitative estimate of drug-likeness (QED) is 0.424. The number of carbonyl (C=O) groups excluding carboxylic acids is 2. The summed E-state index contributed by atoms with van der Waals surface area (Å²) in [6.45, 7) is 10.2. The second-order valence-electron chi connectivity index (χ2n) is 11.3. The molecule has 7 heteroatoms. The Labute approximate surface area is 194 Å². The van der Waals surface area contributed by atoms with Crippen molar-refractivity contribution in [2.75, 3.05) is 6.54 Å². The highest BCUT2D eigenvalue weighted by Gasteiger charge is 2.58. The van der Waals surface area contributed by atoms with Crippen LogP contribution in [0.3, 0.4) is 0 Å². The second kappa shape index (κ2) is 8.95. The number of hydrogen-bond donors (Lipinski definition) is 0. The Morgan fingerprint density at radius 3 is 2.15 bits per heavy atom. The number of benzene rings is 1. The number of alkyl halides is 3. The molecule has 1 aromatic rings. The normalized spacial score (nSPS) is 27.5. The van der Waals surface area contributed by atoms with Gasteiger partial charge in [0.05, 0.1) is 11.1 Å². The van der Waals surface area contributed by atoms with Crippen molar-refractivity contribution in [1.29, 1.82) is 0 Å². The molecule has 0 radical (unpaired) electrons. The molecule has 0 heterocycles. The second-order valence-corrected chi connectivity index (χ2v) is 11.3. The molecule has 0 unspecified atom stereocenters. The van der Waals surface area contributed by atoms with Gasteiger partial charge in [0.1, 0.15) is 11.9 Å². The molecule has 184 valence electrons. The van der Waals surface area contributed by atoms with Crippen LogP contribution >= 0.6 is 0 Å². The molecule has 1 atom stereocenters. The van der Waals surface area contributed by atoms with E-state index in [1.54, 1.807) is 0 Å². The first-order chi connectivity index (χ1) is 15.2. The fourth-order valence-electron chi connectivity index (χ4n) is 5.49. The van der Waals surface area contributed by atoms with Crippen LogP contribution < -0.4 is 0 Å². The summed E-state index contributed by atoms with van der Waals surface area (Å²) < 4.78 is 45.3. The average molecular weight is 468 g/mol. The molecule has 4 nitrogen and oxygen atoms in total. The van der Waals surface area contributed by atoms with Crippen LogP contribution in [0.2, 0.25) is 0 Å². The van der Waals surface area contributed by atoms with Gasteiger partial charge in [0.15, 0.2) is 0 Å². The van der Waals surface area contributed by atoms with Crippen molar-refractivity contribution >= 4 is 12.4 Å². The van der Waals surface area contributed by atoms with Crippen LogP contribution in [0.1, 0.15) is 90.2 Å². The lowest BCUT2D eigenvalue weighted by Gasteiger charge is -2.60. The van der Waals surface area contributed by atoms with Gasteiger partial charge in [-0.2, -0.15) is 13.2 Å². The van der Waals surface area contributed by atoms with Gasteiger partial charge in [-0.1, -0.05) is 26.0 Å². The van der Waals surface area contributed by atoms with Crippen LogP contribution in [0.4, 0.5) is 18.0 Å². The van der Waals surface area contributed by atoms with Crippen molar-refractivity contribution in [3.63, 3.8) is 0 Å². The fourth-order valence-corrected chi connectivity index (χ4v) is 5.49. The third kappa shape index (κ3) is 5.38. The molecule has 4 rings (SSSR count). The lowest BCUT2D eigenvalue weighted by molar-refractivity contribution is -0.137. The van der Waals surface area contributed by atoms with E-state index in [1.807, 2.05) is 25.7 Å². The predicted octanol–water partition coefficient (Wildman–Crippen LogP) is 6.97. The van der Waals surface area contributed by atoms with Crippen molar-refractivity contribution in [3.8, 4) is 0 Å². The Balaban J connectivity index is 2.04. The van der Waals surface area contributed by atoms with E-state index in [-0.39, 0.29) is 12.0 Å². The molecule has 0 aliphatic heterocycles. The summed E-state index contributed by atoms with van der Waals surface area (Å²) in [6, 6.07) is 5.24. The maximum atomic E-state index is 13.4. The van der Waals surface area contributed by atoms with Gasteiger partial charge in [-0.3, -0.25) is 0 Å². The number of carbonyl (C=O) groups is 2. The molecule has 1 aromatic carbocycles. The molecular weight excluding hydrogens is 431 g/mol. The first-order valence-electron chi connectivity index (χ1n) is 11.9. The lowest BCUT2D eigenvalue weighted by Crippen LogP contribution is -2.63. The number of rotatable bonds is 6. The average Bonchev–Trinajstić information content (AvgIpc) is 2.72. The predicted molar refractivity (Wildman–Crippen MR) is 121 cm³/mol. The number of nitrogens with zero attached hydrogens (tertiary/aromatic N) is 1. The summed E-state index contributed by atoms with van der Waals surface area (Å²) in [4.78, 5) is 27.3. The molecule has 0 saturated heterocycles. The van der Waals surface area contributed by atoms with Gasteiger partial charge < -0.3 is 14.4 Å². The number of fused-ring (bicyclic) bond motifs is 3. The van der Waals surface area contributed by atoms with Gasteiger partial charge in [-0.25, -0.2) is 4.79 Å². The van der Waals surface area contributed by atoms with Gasteiger partial charge in [0, 0.05) is 17.9 Å². The Bertz CT molecular complexity index is 847. The number of aldehydes is 1. The maximum Gasteiger partial charge on any atom is 0.416 e. The monoisotopic (exact) mass is 467 g/mol. The minimum atomic E-state index is -4.41. The molecule has 2 bridgehead atoms. The Morgan fingerprint density at radius 1 is 1.12 bits per heavy atom. The van der Waals surface area contributed by atoms with Crippen LogP contribution in [0, 0.1) is 11.3 Å². The van der Waals surface area contributed by atoms with Crippen LogP contribution in [0.5, 0.6) is 0 Å². The summed E-state index contributed by atoms with van der Waals surface area (Å²) in [6.07, 6.45) is 0.167. The lowest BCUT2D eigenvalue weighted by atomic mass is 9.51. The summed E-state index contributed by atoms with van der Waals surface area (Å²) >= 11 is 0. The van der Waals surface area contributed by atoms with Gasteiger partial charge in [0.25, 0.3) is 0 Å². The number of halogens is 3.